The summed E-state index contributed by atoms with van der Waals surface area (Å²) in [7, 11) is 2.00. The summed E-state index contributed by atoms with van der Waals surface area (Å²) in [6, 6.07) is 8.65. The van der Waals surface area contributed by atoms with Gasteiger partial charge in [-0.25, -0.2) is 0 Å². The highest BCUT2D eigenvalue weighted by Gasteiger charge is 2.45. The maximum Gasteiger partial charge on any atom is 0.308 e. The molecule has 1 aromatic carbocycles. The van der Waals surface area contributed by atoms with Gasteiger partial charge in [0.1, 0.15) is 0 Å². The number of nitrogens with zero attached hydrogens (tertiary/aromatic N) is 1. The molecule has 2 unspecified atom stereocenters. The van der Waals surface area contributed by atoms with Gasteiger partial charge in [0.05, 0.1) is 5.92 Å². The Balaban J connectivity index is 1.90. The van der Waals surface area contributed by atoms with Gasteiger partial charge in [-0.2, -0.15) is 0 Å². The van der Waals surface area contributed by atoms with Crippen molar-refractivity contribution in [1.82, 2.24) is 4.90 Å². The number of thioether (sulfide) groups is 1. The molecule has 1 aromatic rings. The second-order valence-electron chi connectivity index (χ2n) is 4.51. The quantitative estimate of drug-likeness (QED) is 0.815. The van der Waals surface area contributed by atoms with Gasteiger partial charge in [-0.05, 0) is 37.4 Å². The fraction of sp³-hybridized carbons (Fsp3) is 0.462. The summed E-state index contributed by atoms with van der Waals surface area (Å²) in [6.07, 6.45) is 2.84. The standard InChI is InChI=1S/C13H17NO2S/c1-14(12-7-11(12)13(15)16)8-9-3-5-10(17-2)6-4-9/h3-6,11-12H,7-8H2,1-2H3,(H,15,16). The van der Waals surface area contributed by atoms with Crippen LogP contribution in [0.4, 0.5) is 0 Å². The van der Waals surface area contributed by atoms with Crippen molar-refractivity contribution in [2.45, 2.75) is 23.9 Å². The number of hydrogen-bond acceptors (Lipinski definition) is 3. The molecule has 1 N–H and O–H groups in total. The average molecular weight is 251 g/mol. The van der Waals surface area contributed by atoms with Crippen LogP contribution in [0.5, 0.6) is 0 Å². The van der Waals surface area contributed by atoms with Gasteiger partial charge in [-0.1, -0.05) is 12.1 Å². The van der Waals surface area contributed by atoms with E-state index in [1.165, 1.54) is 10.5 Å². The number of aliphatic carboxylic acids is 1. The Hall–Kier alpha value is -1.00. The van der Waals surface area contributed by atoms with Crippen LogP contribution in [-0.4, -0.2) is 35.3 Å². The van der Waals surface area contributed by atoms with Crippen molar-refractivity contribution in [3.8, 4) is 0 Å². The molecule has 1 aliphatic carbocycles. The Kier molecular flexibility index (Phi) is 3.74. The van der Waals surface area contributed by atoms with Crippen LogP contribution in [0.2, 0.25) is 0 Å². The summed E-state index contributed by atoms with van der Waals surface area (Å²) in [4.78, 5) is 14.2. The molecule has 1 fully saturated rings. The molecule has 0 amide bonds. The molecule has 92 valence electrons. The third-order valence-corrected chi connectivity index (χ3v) is 3.97. The van der Waals surface area contributed by atoms with Crippen molar-refractivity contribution in [3.63, 3.8) is 0 Å². The molecular formula is C13H17NO2S. The minimum Gasteiger partial charge on any atom is -0.481 e. The first kappa shape index (κ1) is 12.5. The molecule has 0 radical (unpaired) electrons. The molecule has 2 atom stereocenters. The third-order valence-electron chi connectivity index (χ3n) is 3.23. The number of rotatable bonds is 5. The van der Waals surface area contributed by atoms with Gasteiger partial charge < -0.3 is 5.11 Å². The summed E-state index contributed by atoms with van der Waals surface area (Å²) in [5, 5.41) is 8.88. The summed E-state index contributed by atoms with van der Waals surface area (Å²) < 4.78 is 0. The van der Waals surface area contributed by atoms with Crippen LogP contribution in [0, 0.1) is 5.92 Å². The number of carboxylic acids is 1. The van der Waals surface area contributed by atoms with Crippen molar-refractivity contribution in [2.75, 3.05) is 13.3 Å². The first-order valence-corrected chi connectivity index (χ1v) is 6.90. The predicted molar refractivity (Wildman–Crippen MR) is 69.2 cm³/mol. The van der Waals surface area contributed by atoms with E-state index in [2.05, 4.69) is 35.4 Å². The Morgan fingerprint density at radius 1 is 1.47 bits per heavy atom. The van der Waals surface area contributed by atoms with Gasteiger partial charge >= 0.3 is 5.97 Å². The Labute approximate surface area is 106 Å². The van der Waals surface area contributed by atoms with E-state index in [0.717, 1.165) is 13.0 Å². The summed E-state index contributed by atoms with van der Waals surface area (Å²) in [6.45, 7) is 0.823. The highest BCUT2D eigenvalue weighted by atomic mass is 32.2. The van der Waals surface area contributed by atoms with E-state index in [-0.39, 0.29) is 12.0 Å². The van der Waals surface area contributed by atoms with E-state index >= 15 is 0 Å². The van der Waals surface area contributed by atoms with Crippen LogP contribution < -0.4 is 0 Å². The molecule has 0 aliphatic heterocycles. The lowest BCUT2D eigenvalue weighted by Crippen LogP contribution is -2.23. The fourth-order valence-electron chi connectivity index (χ4n) is 2.07. The van der Waals surface area contributed by atoms with E-state index < -0.39 is 5.97 Å². The van der Waals surface area contributed by atoms with Crippen LogP contribution in [0.15, 0.2) is 29.2 Å². The van der Waals surface area contributed by atoms with Gasteiger partial charge in [0, 0.05) is 17.5 Å². The van der Waals surface area contributed by atoms with Gasteiger partial charge in [-0.3, -0.25) is 9.69 Å². The molecule has 0 heterocycles. The lowest BCUT2D eigenvalue weighted by atomic mass is 10.2. The van der Waals surface area contributed by atoms with Gasteiger partial charge in [-0.15, -0.1) is 11.8 Å². The van der Waals surface area contributed by atoms with Crippen LogP contribution in [0.1, 0.15) is 12.0 Å². The molecule has 17 heavy (non-hydrogen) atoms. The SMILES string of the molecule is CSc1ccc(CN(C)C2CC2C(=O)O)cc1. The lowest BCUT2D eigenvalue weighted by Gasteiger charge is -2.16. The Morgan fingerprint density at radius 3 is 2.59 bits per heavy atom. The molecule has 0 aromatic heterocycles. The van der Waals surface area contributed by atoms with Gasteiger partial charge in [0.2, 0.25) is 0 Å². The fourth-order valence-corrected chi connectivity index (χ4v) is 2.48. The number of carbonyl (C=O) groups is 1. The molecule has 2 rings (SSSR count). The number of benzene rings is 1. The molecule has 1 aliphatic rings. The molecule has 0 saturated heterocycles. The van der Waals surface area contributed by atoms with E-state index in [0.29, 0.717) is 0 Å². The van der Waals surface area contributed by atoms with Crippen LogP contribution in [0.25, 0.3) is 0 Å². The van der Waals surface area contributed by atoms with Crippen LogP contribution >= 0.6 is 11.8 Å². The Bertz CT molecular complexity index is 404. The van der Waals surface area contributed by atoms with E-state index in [4.69, 9.17) is 5.11 Å². The molecule has 4 heteroatoms. The summed E-state index contributed by atoms with van der Waals surface area (Å²) >= 11 is 1.73. The molecule has 1 saturated carbocycles. The summed E-state index contributed by atoms with van der Waals surface area (Å²) in [5.41, 5.74) is 1.24. The summed E-state index contributed by atoms with van der Waals surface area (Å²) in [5.74, 6) is -0.829. The zero-order valence-corrected chi connectivity index (χ0v) is 10.9. The third kappa shape index (κ3) is 3.01. The highest BCUT2D eigenvalue weighted by molar-refractivity contribution is 7.98. The predicted octanol–water partition coefficient (Wildman–Crippen LogP) is 2.31. The van der Waals surface area contributed by atoms with E-state index in [9.17, 15) is 4.79 Å². The average Bonchev–Trinajstić information content (AvgIpc) is 3.10. The topological polar surface area (TPSA) is 40.5 Å². The zero-order valence-electron chi connectivity index (χ0n) is 10.1. The van der Waals surface area contributed by atoms with Crippen molar-refractivity contribution in [1.29, 1.82) is 0 Å². The van der Waals surface area contributed by atoms with E-state index in [1.54, 1.807) is 11.8 Å². The molecule has 0 spiro atoms. The first-order chi connectivity index (χ1) is 8.11. The minimum atomic E-state index is -0.667. The molecular weight excluding hydrogens is 234 g/mol. The van der Waals surface area contributed by atoms with Crippen LogP contribution in [0.3, 0.4) is 0 Å². The van der Waals surface area contributed by atoms with Crippen molar-refractivity contribution >= 4 is 17.7 Å². The van der Waals surface area contributed by atoms with Crippen molar-refractivity contribution in [2.24, 2.45) is 5.92 Å². The monoisotopic (exact) mass is 251 g/mol. The zero-order chi connectivity index (χ0) is 12.4. The minimum absolute atomic E-state index is 0.162. The second kappa shape index (κ2) is 5.10. The number of carboxylic acid groups (broad SMARTS) is 1. The van der Waals surface area contributed by atoms with Crippen molar-refractivity contribution < 1.29 is 9.90 Å². The molecule has 3 nitrogen and oxygen atoms in total. The Morgan fingerprint density at radius 2 is 2.12 bits per heavy atom. The normalized spacial score (nSPS) is 22.8. The lowest BCUT2D eigenvalue weighted by molar-refractivity contribution is -0.138. The maximum absolute atomic E-state index is 10.8. The largest absolute Gasteiger partial charge is 0.481 e. The maximum atomic E-state index is 10.8. The highest BCUT2D eigenvalue weighted by Crippen LogP contribution is 2.35. The van der Waals surface area contributed by atoms with Gasteiger partial charge in [0.25, 0.3) is 0 Å². The first-order valence-electron chi connectivity index (χ1n) is 5.68. The second-order valence-corrected chi connectivity index (χ2v) is 5.39. The molecule has 0 bridgehead atoms. The van der Waals surface area contributed by atoms with Crippen molar-refractivity contribution in [3.05, 3.63) is 29.8 Å². The van der Waals surface area contributed by atoms with Crippen LogP contribution in [-0.2, 0) is 11.3 Å². The smallest absolute Gasteiger partial charge is 0.308 e. The van der Waals surface area contributed by atoms with Gasteiger partial charge in [0.15, 0.2) is 0 Å². The number of hydrogen-bond donors (Lipinski definition) is 1. The van der Waals surface area contributed by atoms with E-state index in [1.807, 2.05) is 7.05 Å².